The molecule has 1 aliphatic rings. The van der Waals surface area contributed by atoms with Gasteiger partial charge in [0.25, 0.3) is 5.91 Å². The van der Waals surface area contributed by atoms with Crippen LogP contribution in [0, 0.1) is 0 Å². The van der Waals surface area contributed by atoms with Gasteiger partial charge < -0.3 is 21.1 Å². The van der Waals surface area contributed by atoms with E-state index in [4.69, 9.17) is 10.8 Å². The van der Waals surface area contributed by atoms with Gasteiger partial charge in [-0.1, -0.05) is 30.3 Å². The van der Waals surface area contributed by atoms with Crippen LogP contribution in [0.5, 0.6) is 0 Å². The summed E-state index contributed by atoms with van der Waals surface area (Å²) in [5.41, 5.74) is 9.89. The Labute approximate surface area is 200 Å². The fraction of sp³-hybridized carbons (Fsp3) is 0.400. The monoisotopic (exact) mass is 484 g/mol. The number of fused-ring (bicyclic) bond motifs is 1. The summed E-state index contributed by atoms with van der Waals surface area (Å²) >= 11 is 0. The number of H-pyrrole nitrogens is 1. The third-order valence-electron chi connectivity index (χ3n) is 6.61. The third kappa shape index (κ3) is 5.17. The number of aliphatic hydroxyl groups excluding tert-OH is 1. The van der Waals surface area contributed by atoms with Gasteiger partial charge in [-0.05, 0) is 54.5 Å². The quantitative estimate of drug-likeness (QED) is 0.371. The highest BCUT2D eigenvalue weighted by Crippen LogP contribution is 2.37. The summed E-state index contributed by atoms with van der Waals surface area (Å²) < 4.78 is 27.1. The number of nitrogens with two attached hydrogens (primary N) is 1. The molecule has 0 aliphatic carbocycles. The van der Waals surface area contributed by atoms with E-state index in [1.807, 2.05) is 49.5 Å². The van der Waals surface area contributed by atoms with Crippen molar-refractivity contribution in [3.05, 3.63) is 59.8 Å². The van der Waals surface area contributed by atoms with Gasteiger partial charge in [-0.25, -0.2) is 12.7 Å². The second-order valence-corrected chi connectivity index (χ2v) is 11.0. The van der Waals surface area contributed by atoms with Gasteiger partial charge in [-0.3, -0.25) is 4.79 Å². The maximum atomic E-state index is 12.7. The summed E-state index contributed by atoms with van der Waals surface area (Å²) in [6, 6.07) is 13.6. The molecule has 1 aromatic heterocycles. The van der Waals surface area contributed by atoms with Gasteiger partial charge in [-0.2, -0.15) is 0 Å². The van der Waals surface area contributed by atoms with E-state index in [0.29, 0.717) is 38.0 Å². The first-order valence-corrected chi connectivity index (χ1v) is 13.2. The average Bonchev–Trinajstić information content (AvgIpc) is 3.27. The molecule has 1 aliphatic heterocycles. The molecule has 1 amide bonds. The Bertz CT molecular complexity index is 1250. The Balaban J connectivity index is 1.54. The van der Waals surface area contributed by atoms with E-state index >= 15 is 0 Å². The largest absolute Gasteiger partial charge is 0.395 e. The minimum atomic E-state index is -3.36. The second-order valence-electron chi connectivity index (χ2n) is 8.95. The van der Waals surface area contributed by atoms with E-state index in [0.717, 1.165) is 27.6 Å². The van der Waals surface area contributed by atoms with Gasteiger partial charge in [0.2, 0.25) is 10.0 Å². The Morgan fingerprint density at radius 2 is 1.91 bits per heavy atom. The zero-order chi connectivity index (χ0) is 24.3. The molecule has 34 heavy (non-hydrogen) atoms. The lowest BCUT2D eigenvalue weighted by atomic mass is 9.88. The lowest BCUT2D eigenvalue weighted by molar-refractivity contribution is 0.100. The first-order valence-electron chi connectivity index (χ1n) is 11.6. The molecule has 4 rings (SSSR count). The minimum Gasteiger partial charge on any atom is -0.395 e. The fourth-order valence-electron chi connectivity index (χ4n) is 4.66. The van der Waals surface area contributed by atoms with Gasteiger partial charge in [0.05, 0.1) is 23.4 Å². The van der Waals surface area contributed by atoms with Crippen LogP contribution in [-0.2, 0) is 10.0 Å². The zero-order valence-corrected chi connectivity index (χ0v) is 20.1. The van der Waals surface area contributed by atoms with Crippen LogP contribution in [0.25, 0.3) is 22.0 Å². The minimum absolute atomic E-state index is 0.0114. The number of rotatable bonds is 9. The molecule has 1 atom stereocenters. The third-order valence-corrected chi connectivity index (χ3v) is 8.48. The van der Waals surface area contributed by atoms with Crippen LogP contribution in [0.3, 0.4) is 0 Å². The number of amides is 1. The highest BCUT2D eigenvalue weighted by molar-refractivity contribution is 7.89. The fourth-order valence-corrected chi connectivity index (χ4v) is 6.06. The summed E-state index contributed by atoms with van der Waals surface area (Å²) in [5, 5.41) is 13.1. The van der Waals surface area contributed by atoms with Crippen molar-refractivity contribution in [1.82, 2.24) is 14.6 Å². The molecule has 3 aromatic rings. The lowest BCUT2D eigenvalue weighted by Crippen LogP contribution is -2.42. The van der Waals surface area contributed by atoms with Gasteiger partial charge in [0.1, 0.15) is 0 Å². The Morgan fingerprint density at radius 1 is 1.21 bits per heavy atom. The molecule has 0 unspecified atom stereocenters. The number of carbonyl (C=O) groups excluding carboxylic acids is 1. The van der Waals surface area contributed by atoms with Gasteiger partial charge in [-0.15, -0.1) is 0 Å². The summed E-state index contributed by atoms with van der Waals surface area (Å²) in [4.78, 5) is 15.4. The number of piperidine rings is 1. The van der Waals surface area contributed by atoms with Gasteiger partial charge in [0.15, 0.2) is 0 Å². The number of benzene rings is 2. The standard InChI is InChI=1S/C25H32N4O4S/c1-17(16-30)27-9-12-34(32,33)29-10-7-19(8-11-29)23-15-28-24-21(23)13-20(14-22(24)25(26)31)18-5-3-2-4-6-18/h2-6,13-15,17,19,27-28,30H,7-12,16H2,1H3,(H2,26,31)/t17-/m0/s1. The van der Waals surface area contributed by atoms with Crippen molar-refractivity contribution >= 4 is 26.8 Å². The maximum Gasteiger partial charge on any atom is 0.250 e. The van der Waals surface area contributed by atoms with E-state index in [9.17, 15) is 13.2 Å². The topological polar surface area (TPSA) is 129 Å². The van der Waals surface area contributed by atoms with Crippen LogP contribution in [-0.4, -0.2) is 66.8 Å². The van der Waals surface area contributed by atoms with Crippen molar-refractivity contribution < 1.29 is 18.3 Å². The highest BCUT2D eigenvalue weighted by atomic mass is 32.2. The van der Waals surface area contributed by atoms with E-state index in [2.05, 4.69) is 16.4 Å². The van der Waals surface area contributed by atoms with Crippen molar-refractivity contribution in [3.8, 4) is 11.1 Å². The number of hydrogen-bond acceptors (Lipinski definition) is 5. The Morgan fingerprint density at radius 3 is 2.56 bits per heavy atom. The number of sulfonamides is 1. The molecule has 0 saturated carbocycles. The first-order chi connectivity index (χ1) is 16.3. The van der Waals surface area contributed by atoms with Crippen molar-refractivity contribution in [2.24, 2.45) is 5.73 Å². The summed E-state index contributed by atoms with van der Waals surface area (Å²) in [6.07, 6.45) is 3.34. The molecule has 0 bridgehead atoms. The normalized spacial score (nSPS) is 16.6. The van der Waals surface area contributed by atoms with Crippen molar-refractivity contribution in [2.45, 2.75) is 31.7 Å². The smallest absolute Gasteiger partial charge is 0.250 e. The second kappa shape index (κ2) is 10.3. The average molecular weight is 485 g/mol. The number of nitrogens with one attached hydrogen (secondary N) is 2. The van der Waals surface area contributed by atoms with E-state index in [1.54, 1.807) is 4.31 Å². The van der Waals surface area contributed by atoms with Crippen molar-refractivity contribution in [2.75, 3.05) is 32.0 Å². The summed E-state index contributed by atoms with van der Waals surface area (Å²) in [6.45, 7) is 3.00. The van der Waals surface area contributed by atoms with E-state index in [1.165, 1.54) is 0 Å². The molecule has 2 heterocycles. The van der Waals surface area contributed by atoms with Crippen molar-refractivity contribution in [1.29, 1.82) is 0 Å². The van der Waals surface area contributed by atoms with Gasteiger partial charge >= 0.3 is 0 Å². The molecule has 1 saturated heterocycles. The predicted molar refractivity (Wildman–Crippen MR) is 134 cm³/mol. The van der Waals surface area contributed by atoms with Crippen LogP contribution < -0.4 is 11.1 Å². The van der Waals surface area contributed by atoms with Crippen LogP contribution in [0.4, 0.5) is 0 Å². The molecular weight excluding hydrogens is 452 g/mol. The number of nitrogens with zero attached hydrogens (tertiary/aromatic N) is 1. The summed E-state index contributed by atoms with van der Waals surface area (Å²) in [5.74, 6) is -0.293. The number of carbonyl (C=O) groups is 1. The zero-order valence-electron chi connectivity index (χ0n) is 19.3. The molecule has 0 radical (unpaired) electrons. The Kier molecular flexibility index (Phi) is 7.37. The number of aromatic nitrogens is 1. The molecule has 9 heteroatoms. The van der Waals surface area contributed by atoms with E-state index in [-0.39, 0.29) is 24.3 Å². The van der Waals surface area contributed by atoms with Crippen molar-refractivity contribution in [3.63, 3.8) is 0 Å². The number of aromatic amines is 1. The van der Waals surface area contributed by atoms with Gasteiger partial charge in [0, 0.05) is 37.3 Å². The number of hydrogen-bond donors (Lipinski definition) is 4. The van der Waals surface area contributed by atoms with Crippen LogP contribution in [0.2, 0.25) is 0 Å². The molecule has 182 valence electrons. The maximum absolute atomic E-state index is 12.7. The molecule has 1 fully saturated rings. The summed E-state index contributed by atoms with van der Waals surface area (Å²) in [7, 11) is -3.36. The molecule has 8 nitrogen and oxygen atoms in total. The Hall–Kier alpha value is -2.72. The van der Waals surface area contributed by atoms with Crippen LogP contribution >= 0.6 is 0 Å². The van der Waals surface area contributed by atoms with Crippen LogP contribution in [0.15, 0.2) is 48.7 Å². The number of primary amides is 1. The lowest BCUT2D eigenvalue weighted by Gasteiger charge is -2.31. The molecule has 5 N–H and O–H groups in total. The SMILES string of the molecule is C[C@@H](CO)NCCS(=O)(=O)N1CCC(c2c[nH]c3c(C(N)=O)cc(-c4ccccc4)cc23)CC1. The molecule has 0 spiro atoms. The van der Waals surface area contributed by atoms with E-state index < -0.39 is 15.9 Å². The highest BCUT2D eigenvalue weighted by Gasteiger charge is 2.30. The first kappa shape index (κ1) is 24.4. The number of aliphatic hydroxyl groups is 1. The molecular formula is C25H32N4O4S. The molecule has 2 aromatic carbocycles. The predicted octanol–water partition coefficient (Wildman–Crippen LogP) is 2.41. The van der Waals surface area contributed by atoms with Crippen LogP contribution in [0.1, 0.15) is 41.6 Å².